The van der Waals surface area contributed by atoms with Gasteiger partial charge in [-0.15, -0.1) is 11.6 Å². The lowest BCUT2D eigenvalue weighted by molar-refractivity contribution is 0.0660. The van der Waals surface area contributed by atoms with Crippen molar-refractivity contribution in [1.82, 2.24) is 4.90 Å². The number of alkyl halides is 1. The van der Waals surface area contributed by atoms with Gasteiger partial charge in [0.2, 0.25) is 0 Å². The predicted octanol–water partition coefficient (Wildman–Crippen LogP) is 4.03. The van der Waals surface area contributed by atoms with Crippen molar-refractivity contribution in [1.29, 1.82) is 0 Å². The predicted molar refractivity (Wildman–Crippen MR) is 81.1 cm³/mol. The summed E-state index contributed by atoms with van der Waals surface area (Å²) in [4.78, 5) is 13.9. The van der Waals surface area contributed by atoms with Crippen molar-refractivity contribution in [2.45, 2.75) is 19.4 Å². The smallest absolute Gasteiger partial charge is 0.254 e. The highest BCUT2D eigenvalue weighted by molar-refractivity contribution is 14.1. The van der Waals surface area contributed by atoms with Crippen molar-refractivity contribution in [2.24, 2.45) is 0 Å². The molecule has 0 bridgehead atoms. The highest BCUT2D eigenvalue weighted by atomic mass is 127. The van der Waals surface area contributed by atoms with E-state index < -0.39 is 0 Å². The summed E-state index contributed by atoms with van der Waals surface area (Å²) in [5.41, 5.74) is 0.199. The van der Waals surface area contributed by atoms with E-state index >= 15 is 0 Å². The molecule has 94 valence electrons. The molecule has 1 aromatic carbocycles. The van der Waals surface area contributed by atoms with Gasteiger partial charge in [0.15, 0.2) is 0 Å². The monoisotopic (exact) mass is 385 g/mol. The minimum Gasteiger partial charge on any atom is -0.335 e. The SMILES string of the molecule is CN(C(=O)c1ccc(I)c(Cl)c1)C(C)(C)CCl. The van der Waals surface area contributed by atoms with Gasteiger partial charge in [0, 0.05) is 22.1 Å². The molecule has 0 N–H and O–H groups in total. The molecule has 0 spiro atoms. The second-order valence-electron chi connectivity index (χ2n) is 4.44. The first-order valence-corrected chi connectivity index (χ1v) is 7.08. The van der Waals surface area contributed by atoms with Crippen molar-refractivity contribution in [3.05, 3.63) is 32.4 Å². The zero-order chi connectivity index (χ0) is 13.2. The normalized spacial score (nSPS) is 11.4. The molecule has 0 saturated carbocycles. The van der Waals surface area contributed by atoms with Crippen LogP contribution in [-0.2, 0) is 0 Å². The van der Waals surface area contributed by atoms with E-state index in [1.807, 2.05) is 19.9 Å². The number of halogens is 3. The Hall–Kier alpha value is -0.000000000000000111. The first kappa shape index (κ1) is 15.1. The van der Waals surface area contributed by atoms with E-state index in [9.17, 15) is 4.79 Å². The van der Waals surface area contributed by atoms with E-state index in [4.69, 9.17) is 23.2 Å². The van der Waals surface area contributed by atoms with Crippen LogP contribution in [-0.4, -0.2) is 29.3 Å². The lowest BCUT2D eigenvalue weighted by atomic mass is 10.0. The molecule has 1 aromatic rings. The molecule has 1 amide bonds. The summed E-state index contributed by atoms with van der Waals surface area (Å²) in [6, 6.07) is 5.29. The third-order valence-corrected chi connectivity index (χ3v) is 4.93. The fourth-order valence-corrected chi connectivity index (χ4v) is 1.88. The van der Waals surface area contributed by atoms with Crippen LogP contribution in [0.4, 0.5) is 0 Å². The summed E-state index contributed by atoms with van der Waals surface area (Å²) in [5, 5.41) is 0.591. The molecule has 0 aliphatic carbocycles. The molecule has 0 fully saturated rings. The van der Waals surface area contributed by atoms with Crippen LogP contribution >= 0.6 is 45.8 Å². The van der Waals surface area contributed by atoms with E-state index in [1.54, 1.807) is 24.1 Å². The molecule has 0 saturated heterocycles. The third-order valence-electron chi connectivity index (χ3n) is 2.71. The Morgan fingerprint density at radius 3 is 2.53 bits per heavy atom. The Labute approximate surface area is 125 Å². The maximum Gasteiger partial charge on any atom is 0.254 e. The maximum absolute atomic E-state index is 12.2. The summed E-state index contributed by atoms with van der Waals surface area (Å²) in [5.74, 6) is 0.307. The first-order chi connectivity index (χ1) is 7.79. The largest absolute Gasteiger partial charge is 0.335 e. The highest BCUT2D eigenvalue weighted by Gasteiger charge is 2.27. The van der Waals surface area contributed by atoms with Crippen LogP contribution in [0.2, 0.25) is 5.02 Å². The Bertz CT molecular complexity index is 435. The fourth-order valence-electron chi connectivity index (χ4n) is 1.19. The minimum atomic E-state index is -0.381. The van der Waals surface area contributed by atoms with Gasteiger partial charge in [-0.25, -0.2) is 0 Å². The number of hydrogen-bond acceptors (Lipinski definition) is 1. The lowest BCUT2D eigenvalue weighted by Gasteiger charge is -2.34. The van der Waals surface area contributed by atoms with Crippen molar-refractivity contribution in [2.75, 3.05) is 12.9 Å². The maximum atomic E-state index is 12.2. The van der Waals surface area contributed by atoms with E-state index in [-0.39, 0.29) is 11.4 Å². The second kappa shape index (κ2) is 5.76. The third kappa shape index (κ3) is 3.48. The molecule has 0 heterocycles. The zero-order valence-electron chi connectivity index (χ0n) is 9.93. The molecule has 17 heavy (non-hydrogen) atoms. The number of hydrogen-bond donors (Lipinski definition) is 0. The molecule has 0 aromatic heterocycles. The standard InChI is InChI=1S/C12H14Cl2INO/c1-12(2,7-13)16(3)11(17)8-4-5-10(15)9(14)6-8/h4-6H,7H2,1-3H3. The van der Waals surface area contributed by atoms with Gasteiger partial charge < -0.3 is 4.90 Å². The van der Waals surface area contributed by atoms with Crippen molar-refractivity contribution in [3.63, 3.8) is 0 Å². The molecular weight excluding hydrogens is 372 g/mol. The summed E-state index contributed by atoms with van der Waals surface area (Å²) in [7, 11) is 1.75. The fraction of sp³-hybridized carbons (Fsp3) is 0.417. The number of benzene rings is 1. The Morgan fingerprint density at radius 2 is 2.06 bits per heavy atom. The Kier molecular flexibility index (Phi) is 5.10. The molecule has 0 aliphatic heterocycles. The quantitative estimate of drug-likeness (QED) is 0.568. The minimum absolute atomic E-state index is 0.0750. The van der Waals surface area contributed by atoms with Crippen LogP contribution in [0.1, 0.15) is 24.2 Å². The number of carbonyl (C=O) groups excluding carboxylic acids is 1. The van der Waals surface area contributed by atoms with Gasteiger partial charge in [-0.3, -0.25) is 4.79 Å². The lowest BCUT2D eigenvalue weighted by Crippen LogP contribution is -2.46. The molecule has 0 atom stereocenters. The van der Waals surface area contributed by atoms with Crippen LogP contribution in [0, 0.1) is 3.57 Å². The summed E-state index contributed by atoms with van der Waals surface area (Å²) < 4.78 is 0.931. The van der Waals surface area contributed by atoms with Gasteiger partial charge in [0.05, 0.1) is 10.6 Å². The molecule has 0 radical (unpaired) electrons. The molecule has 2 nitrogen and oxygen atoms in total. The van der Waals surface area contributed by atoms with Crippen molar-refractivity contribution < 1.29 is 4.79 Å². The summed E-state index contributed by atoms with van der Waals surface area (Å²) in [6.07, 6.45) is 0. The Balaban J connectivity index is 3.01. The van der Waals surface area contributed by atoms with Crippen LogP contribution in [0.25, 0.3) is 0 Å². The van der Waals surface area contributed by atoms with Gasteiger partial charge in [-0.2, -0.15) is 0 Å². The van der Waals surface area contributed by atoms with Gasteiger partial charge >= 0.3 is 0 Å². The second-order valence-corrected chi connectivity index (χ2v) is 6.28. The number of rotatable bonds is 3. The summed E-state index contributed by atoms with van der Waals surface area (Å²) >= 11 is 14.0. The molecular formula is C12H14Cl2INO. The molecule has 0 unspecified atom stereocenters. The van der Waals surface area contributed by atoms with Gasteiger partial charge in [0.25, 0.3) is 5.91 Å². The van der Waals surface area contributed by atoms with Crippen LogP contribution in [0.15, 0.2) is 18.2 Å². The number of amides is 1. The average Bonchev–Trinajstić information content (AvgIpc) is 2.30. The molecule has 0 aliphatic rings. The number of nitrogens with zero attached hydrogens (tertiary/aromatic N) is 1. The van der Waals surface area contributed by atoms with Gasteiger partial charge in [-0.1, -0.05) is 11.6 Å². The van der Waals surface area contributed by atoms with Crippen molar-refractivity contribution >= 4 is 51.7 Å². The topological polar surface area (TPSA) is 20.3 Å². The van der Waals surface area contributed by atoms with Gasteiger partial charge in [0.1, 0.15) is 0 Å². The first-order valence-electron chi connectivity index (χ1n) is 5.09. The van der Waals surface area contributed by atoms with E-state index in [2.05, 4.69) is 22.6 Å². The zero-order valence-corrected chi connectivity index (χ0v) is 13.6. The summed E-state index contributed by atoms with van der Waals surface area (Å²) in [6.45, 7) is 3.85. The van der Waals surface area contributed by atoms with Crippen LogP contribution < -0.4 is 0 Å². The van der Waals surface area contributed by atoms with Crippen molar-refractivity contribution in [3.8, 4) is 0 Å². The highest BCUT2D eigenvalue weighted by Crippen LogP contribution is 2.22. The number of carbonyl (C=O) groups is 1. The van der Waals surface area contributed by atoms with Crippen LogP contribution in [0.5, 0.6) is 0 Å². The van der Waals surface area contributed by atoms with Gasteiger partial charge in [-0.05, 0) is 54.6 Å². The average molecular weight is 386 g/mol. The van der Waals surface area contributed by atoms with E-state index in [0.29, 0.717) is 16.5 Å². The van der Waals surface area contributed by atoms with Crippen LogP contribution in [0.3, 0.4) is 0 Å². The van der Waals surface area contributed by atoms with E-state index in [1.165, 1.54) is 0 Å². The molecule has 5 heteroatoms. The Morgan fingerprint density at radius 1 is 1.47 bits per heavy atom. The molecule has 1 rings (SSSR count). The van der Waals surface area contributed by atoms with E-state index in [0.717, 1.165) is 3.57 Å².